The van der Waals surface area contributed by atoms with Gasteiger partial charge in [-0.2, -0.15) is 0 Å². The molecule has 0 atom stereocenters. The normalized spacial score (nSPS) is 13.9. The highest BCUT2D eigenvalue weighted by Crippen LogP contribution is 2.20. The minimum Gasteiger partial charge on any atom is -0.368 e. The first-order valence-corrected chi connectivity index (χ1v) is 9.85. The number of nitrogens with one attached hydrogen (secondary N) is 2. The van der Waals surface area contributed by atoms with Gasteiger partial charge in [0, 0.05) is 60.6 Å². The number of hydrogen-bond acceptors (Lipinski definition) is 3. The molecule has 0 bridgehead atoms. The van der Waals surface area contributed by atoms with Crippen molar-refractivity contribution in [2.45, 2.75) is 0 Å². The third-order valence-electron chi connectivity index (χ3n) is 4.53. The molecule has 1 aliphatic rings. The molecule has 28 heavy (non-hydrogen) atoms. The first-order chi connectivity index (χ1) is 13.5. The lowest BCUT2D eigenvalue weighted by atomic mass is 10.2. The molecule has 6 nitrogen and oxygen atoms in total. The summed E-state index contributed by atoms with van der Waals surface area (Å²) >= 11 is 11.9. The van der Waals surface area contributed by atoms with Crippen molar-refractivity contribution < 1.29 is 9.59 Å². The first-order valence-electron chi connectivity index (χ1n) is 9.10. The van der Waals surface area contributed by atoms with Crippen molar-refractivity contribution in [3.05, 3.63) is 64.1 Å². The standard InChI is InChI=1S/C20H22Cl2N4O2/c21-16-6-4-15(5-7-16)19(27)23-8-9-24-20(28)26-12-10-25(11-13-26)18-3-1-2-17(22)14-18/h1-7,14H,8-13H2,(H,23,27)(H,24,28). The topological polar surface area (TPSA) is 64.7 Å². The molecule has 2 aromatic carbocycles. The Morgan fingerprint density at radius 2 is 1.54 bits per heavy atom. The maximum Gasteiger partial charge on any atom is 0.317 e. The van der Waals surface area contributed by atoms with Crippen molar-refractivity contribution in [3.8, 4) is 0 Å². The van der Waals surface area contributed by atoms with E-state index in [1.807, 2.05) is 24.3 Å². The van der Waals surface area contributed by atoms with Crippen LogP contribution >= 0.6 is 23.2 Å². The van der Waals surface area contributed by atoms with Crippen LogP contribution in [0.4, 0.5) is 10.5 Å². The van der Waals surface area contributed by atoms with Crippen LogP contribution in [0.25, 0.3) is 0 Å². The zero-order valence-electron chi connectivity index (χ0n) is 15.3. The Bertz CT molecular complexity index is 821. The molecule has 8 heteroatoms. The van der Waals surface area contributed by atoms with Gasteiger partial charge in [0.15, 0.2) is 0 Å². The van der Waals surface area contributed by atoms with Gasteiger partial charge < -0.3 is 20.4 Å². The van der Waals surface area contributed by atoms with Crippen LogP contribution in [-0.4, -0.2) is 56.1 Å². The Morgan fingerprint density at radius 1 is 0.857 bits per heavy atom. The largest absolute Gasteiger partial charge is 0.368 e. The van der Waals surface area contributed by atoms with Crippen molar-refractivity contribution in [2.75, 3.05) is 44.2 Å². The molecule has 0 aliphatic carbocycles. The summed E-state index contributed by atoms with van der Waals surface area (Å²) in [7, 11) is 0. The van der Waals surface area contributed by atoms with E-state index in [9.17, 15) is 9.59 Å². The molecule has 1 heterocycles. The number of urea groups is 1. The van der Waals surface area contributed by atoms with E-state index in [4.69, 9.17) is 23.2 Å². The molecular formula is C20H22Cl2N4O2. The van der Waals surface area contributed by atoms with E-state index < -0.39 is 0 Å². The molecule has 2 aromatic rings. The van der Waals surface area contributed by atoms with Crippen molar-refractivity contribution in [1.82, 2.24) is 15.5 Å². The van der Waals surface area contributed by atoms with E-state index >= 15 is 0 Å². The van der Waals surface area contributed by atoms with Crippen molar-refractivity contribution in [1.29, 1.82) is 0 Å². The van der Waals surface area contributed by atoms with Gasteiger partial charge in [0.05, 0.1) is 0 Å². The highest BCUT2D eigenvalue weighted by molar-refractivity contribution is 6.31. The lowest BCUT2D eigenvalue weighted by molar-refractivity contribution is 0.0953. The molecule has 0 aromatic heterocycles. The molecule has 3 rings (SSSR count). The highest BCUT2D eigenvalue weighted by atomic mass is 35.5. The Kier molecular flexibility index (Phi) is 7.01. The number of carbonyl (C=O) groups excluding carboxylic acids is 2. The maximum absolute atomic E-state index is 12.3. The summed E-state index contributed by atoms with van der Waals surface area (Å²) in [5, 5.41) is 6.91. The second kappa shape index (κ2) is 9.66. The summed E-state index contributed by atoms with van der Waals surface area (Å²) in [5.41, 5.74) is 1.60. The molecular weight excluding hydrogens is 399 g/mol. The van der Waals surface area contributed by atoms with Crippen LogP contribution in [0.2, 0.25) is 10.0 Å². The summed E-state index contributed by atoms with van der Waals surface area (Å²) in [6, 6.07) is 14.3. The number of nitrogens with zero attached hydrogens (tertiary/aromatic N) is 2. The minimum atomic E-state index is -0.193. The Balaban J connectivity index is 1.36. The van der Waals surface area contributed by atoms with E-state index in [1.54, 1.807) is 29.2 Å². The van der Waals surface area contributed by atoms with Gasteiger partial charge in [0.1, 0.15) is 0 Å². The zero-order valence-corrected chi connectivity index (χ0v) is 16.8. The molecule has 0 radical (unpaired) electrons. The predicted octanol–water partition coefficient (Wildman–Crippen LogP) is 3.26. The summed E-state index contributed by atoms with van der Waals surface area (Å²) in [6.07, 6.45) is 0. The second-order valence-electron chi connectivity index (χ2n) is 6.45. The van der Waals surface area contributed by atoms with Gasteiger partial charge in [-0.15, -0.1) is 0 Å². The van der Waals surface area contributed by atoms with Crippen LogP contribution in [0.15, 0.2) is 48.5 Å². The van der Waals surface area contributed by atoms with Gasteiger partial charge in [-0.25, -0.2) is 4.79 Å². The minimum absolute atomic E-state index is 0.119. The quantitative estimate of drug-likeness (QED) is 0.729. The fourth-order valence-corrected chi connectivity index (χ4v) is 3.31. The Hall–Kier alpha value is -2.44. The van der Waals surface area contributed by atoms with E-state index in [-0.39, 0.29) is 11.9 Å². The van der Waals surface area contributed by atoms with Gasteiger partial charge >= 0.3 is 6.03 Å². The highest BCUT2D eigenvalue weighted by Gasteiger charge is 2.21. The van der Waals surface area contributed by atoms with Crippen LogP contribution < -0.4 is 15.5 Å². The fraction of sp³-hybridized carbons (Fsp3) is 0.300. The van der Waals surface area contributed by atoms with E-state index in [1.165, 1.54) is 0 Å². The van der Waals surface area contributed by atoms with Gasteiger partial charge in [-0.1, -0.05) is 29.3 Å². The monoisotopic (exact) mass is 420 g/mol. The zero-order chi connectivity index (χ0) is 19.9. The number of halogens is 2. The Labute approximate surface area is 174 Å². The molecule has 3 amide bonds. The van der Waals surface area contributed by atoms with Gasteiger partial charge in [-0.3, -0.25) is 4.79 Å². The van der Waals surface area contributed by atoms with E-state index in [2.05, 4.69) is 15.5 Å². The van der Waals surface area contributed by atoms with Crippen LogP contribution in [-0.2, 0) is 0 Å². The predicted molar refractivity (Wildman–Crippen MR) is 112 cm³/mol. The molecule has 0 spiro atoms. The third kappa shape index (κ3) is 5.53. The molecule has 148 valence electrons. The average molecular weight is 421 g/mol. The van der Waals surface area contributed by atoms with E-state index in [0.717, 1.165) is 18.8 Å². The number of amides is 3. The number of hydrogen-bond donors (Lipinski definition) is 2. The molecule has 0 saturated carbocycles. The molecule has 1 fully saturated rings. The number of piperazine rings is 1. The van der Waals surface area contributed by atoms with Crippen LogP contribution in [0.1, 0.15) is 10.4 Å². The van der Waals surface area contributed by atoms with Gasteiger partial charge in [0.2, 0.25) is 0 Å². The molecule has 2 N–H and O–H groups in total. The van der Waals surface area contributed by atoms with Crippen molar-refractivity contribution in [2.24, 2.45) is 0 Å². The maximum atomic E-state index is 12.3. The van der Waals surface area contributed by atoms with E-state index in [0.29, 0.717) is 41.8 Å². The number of anilines is 1. The number of benzene rings is 2. The second-order valence-corrected chi connectivity index (χ2v) is 7.32. The molecule has 0 unspecified atom stereocenters. The van der Waals surface area contributed by atoms with Gasteiger partial charge in [0.25, 0.3) is 5.91 Å². The van der Waals surface area contributed by atoms with Crippen LogP contribution in [0.5, 0.6) is 0 Å². The van der Waals surface area contributed by atoms with Crippen LogP contribution in [0.3, 0.4) is 0 Å². The van der Waals surface area contributed by atoms with Crippen molar-refractivity contribution in [3.63, 3.8) is 0 Å². The van der Waals surface area contributed by atoms with Crippen molar-refractivity contribution >= 4 is 40.8 Å². The summed E-state index contributed by atoms with van der Waals surface area (Å²) in [5.74, 6) is -0.193. The number of carbonyl (C=O) groups is 2. The summed E-state index contributed by atoms with van der Waals surface area (Å²) in [6.45, 7) is 3.50. The Morgan fingerprint density at radius 3 is 2.21 bits per heavy atom. The summed E-state index contributed by atoms with van der Waals surface area (Å²) < 4.78 is 0. The number of rotatable bonds is 5. The smallest absolute Gasteiger partial charge is 0.317 e. The summed E-state index contributed by atoms with van der Waals surface area (Å²) in [4.78, 5) is 28.3. The van der Waals surface area contributed by atoms with Gasteiger partial charge in [-0.05, 0) is 42.5 Å². The first kappa shape index (κ1) is 20.3. The lowest BCUT2D eigenvalue weighted by Gasteiger charge is -2.36. The van der Waals surface area contributed by atoms with Crippen LogP contribution in [0, 0.1) is 0 Å². The third-order valence-corrected chi connectivity index (χ3v) is 5.02. The molecule has 1 aliphatic heterocycles. The lowest BCUT2D eigenvalue weighted by Crippen LogP contribution is -2.52. The average Bonchev–Trinajstić information content (AvgIpc) is 2.71. The SMILES string of the molecule is O=C(NCCNC(=O)N1CCN(c2cccc(Cl)c2)CC1)c1ccc(Cl)cc1. The fourth-order valence-electron chi connectivity index (χ4n) is 3.00. The molecule has 1 saturated heterocycles.